The Morgan fingerprint density at radius 1 is 1.18 bits per heavy atom. The van der Waals surface area contributed by atoms with E-state index in [1.807, 2.05) is 32.6 Å². The highest BCUT2D eigenvalue weighted by molar-refractivity contribution is 6.38. The van der Waals surface area contributed by atoms with Gasteiger partial charge in [-0.2, -0.15) is 0 Å². The molecule has 11 heteroatoms. The third-order valence-electron chi connectivity index (χ3n) is 5.87. The first-order valence-electron chi connectivity index (χ1n) is 10.8. The van der Waals surface area contributed by atoms with Crippen molar-refractivity contribution >= 4 is 40.9 Å². The van der Waals surface area contributed by atoms with Gasteiger partial charge in [0.1, 0.15) is 22.1 Å². The van der Waals surface area contributed by atoms with Crippen LogP contribution < -0.4 is 9.64 Å². The van der Waals surface area contributed by atoms with Gasteiger partial charge in [0, 0.05) is 37.4 Å². The lowest BCUT2D eigenvalue weighted by Crippen LogP contribution is -2.55. The molecule has 3 heterocycles. The van der Waals surface area contributed by atoms with Gasteiger partial charge in [-0.05, 0) is 46.6 Å². The molecule has 34 heavy (non-hydrogen) atoms. The highest BCUT2D eigenvalue weighted by Gasteiger charge is 2.38. The van der Waals surface area contributed by atoms with Crippen molar-refractivity contribution in [1.29, 1.82) is 0 Å². The van der Waals surface area contributed by atoms with E-state index >= 15 is 0 Å². The lowest BCUT2D eigenvalue weighted by Gasteiger charge is -2.45. The van der Waals surface area contributed by atoms with Gasteiger partial charge in [-0.1, -0.05) is 23.2 Å². The van der Waals surface area contributed by atoms with E-state index in [2.05, 4.69) is 15.0 Å². The highest BCUT2D eigenvalue weighted by Crippen LogP contribution is 2.32. The van der Waals surface area contributed by atoms with Gasteiger partial charge in [0.25, 0.3) is 0 Å². The number of nitrogens with zero attached hydrogens (tertiary/aromatic N) is 5. The summed E-state index contributed by atoms with van der Waals surface area (Å²) in [4.78, 5) is 41.8. The van der Waals surface area contributed by atoms with Gasteiger partial charge in [0.15, 0.2) is 5.15 Å². The van der Waals surface area contributed by atoms with Crippen LogP contribution in [0.1, 0.15) is 56.6 Å². The second kappa shape index (κ2) is 9.92. The second-order valence-electron chi connectivity index (χ2n) is 9.40. The first-order chi connectivity index (χ1) is 15.9. The minimum absolute atomic E-state index is 0.00734. The largest absolute Gasteiger partial charge is 0.480 e. The molecule has 184 valence electrons. The fraction of sp³-hybridized carbons (Fsp3) is 0.522. The number of pyridine rings is 1. The van der Waals surface area contributed by atoms with Crippen molar-refractivity contribution in [1.82, 2.24) is 19.9 Å². The van der Waals surface area contributed by atoms with E-state index in [0.717, 1.165) is 0 Å². The number of piperidine rings is 1. The molecule has 0 spiro atoms. The third-order valence-corrected chi connectivity index (χ3v) is 6.50. The molecule has 0 unspecified atom stereocenters. The molecule has 1 aliphatic heterocycles. The molecule has 3 rings (SSSR count). The molecule has 2 aromatic rings. The van der Waals surface area contributed by atoms with E-state index in [1.165, 1.54) is 25.6 Å². The summed E-state index contributed by atoms with van der Waals surface area (Å²) < 4.78 is 10.6. The van der Waals surface area contributed by atoms with E-state index in [9.17, 15) is 9.59 Å². The summed E-state index contributed by atoms with van der Waals surface area (Å²) in [6.45, 7) is 8.85. The Hall–Kier alpha value is -2.65. The number of hydrogen-bond acceptors (Lipinski definition) is 8. The van der Waals surface area contributed by atoms with Gasteiger partial charge in [-0.3, -0.25) is 4.79 Å². The monoisotopic (exact) mass is 509 g/mol. The van der Waals surface area contributed by atoms with Crippen molar-refractivity contribution in [3.8, 4) is 5.88 Å². The summed E-state index contributed by atoms with van der Waals surface area (Å²) in [5, 5.41) is 0.0647. The van der Waals surface area contributed by atoms with E-state index in [0.29, 0.717) is 31.7 Å². The van der Waals surface area contributed by atoms with E-state index < -0.39 is 11.4 Å². The van der Waals surface area contributed by atoms with Gasteiger partial charge >= 0.3 is 6.09 Å². The van der Waals surface area contributed by atoms with Gasteiger partial charge in [0.2, 0.25) is 11.7 Å². The zero-order valence-electron chi connectivity index (χ0n) is 20.2. The van der Waals surface area contributed by atoms with Crippen molar-refractivity contribution in [3.05, 3.63) is 39.9 Å². The first-order valence-corrected chi connectivity index (χ1v) is 11.6. The number of carbonyl (C=O) groups is 2. The normalized spacial score (nSPS) is 15.6. The molecule has 0 saturated carbocycles. The Bertz CT molecular complexity index is 1080. The van der Waals surface area contributed by atoms with Crippen LogP contribution in [0.4, 0.5) is 10.6 Å². The topological polar surface area (TPSA) is 97.8 Å². The Morgan fingerprint density at radius 2 is 1.82 bits per heavy atom. The van der Waals surface area contributed by atoms with Crippen LogP contribution in [0.25, 0.3) is 0 Å². The number of ketones is 1. The van der Waals surface area contributed by atoms with Gasteiger partial charge in [-0.25, -0.2) is 19.7 Å². The first kappa shape index (κ1) is 26.0. The number of aromatic nitrogens is 3. The van der Waals surface area contributed by atoms with Crippen molar-refractivity contribution in [2.24, 2.45) is 0 Å². The molecule has 0 aromatic carbocycles. The average Bonchev–Trinajstić information content (AvgIpc) is 2.77. The number of amides is 1. The van der Waals surface area contributed by atoms with Crippen molar-refractivity contribution in [2.45, 2.75) is 51.7 Å². The molecular weight excluding hydrogens is 481 g/mol. The number of hydrogen-bond donors (Lipinski definition) is 0. The highest BCUT2D eigenvalue weighted by atomic mass is 35.5. The zero-order chi connectivity index (χ0) is 25.3. The van der Waals surface area contributed by atoms with Crippen LogP contribution in [0, 0.1) is 0 Å². The van der Waals surface area contributed by atoms with Crippen LogP contribution in [0.2, 0.25) is 10.2 Å². The van der Waals surface area contributed by atoms with E-state index in [4.69, 9.17) is 32.7 Å². The summed E-state index contributed by atoms with van der Waals surface area (Å²) >= 11 is 12.6. The molecule has 1 saturated heterocycles. The van der Waals surface area contributed by atoms with Crippen molar-refractivity contribution in [2.75, 3.05) is 32.1 Å². The molecule has 1 amide bonds. The molecule has 0 N–H and O–H groups in total. The smallest absolute Gasteiger partial charge is 0.410 e. The SMILES string of the molecule is COc1nccc(C(=O)c2ncc(N3CCC(C)(N(C)C(=O)OC(C)(C)C)CC3)nc2Cl)c1Cl. The van der Waals surface area contributed by atoms with E-state index in [-0.39, 0.29) is 38.9 Å². The summed E-state index contributed by atoms with van der Waals surface area (Å²) in [6, 6.07) is 1.48. The standard InChI is InChI=1S/C23H29Cl2N5O4/c1-22(2,3)34-21(32)29(5)23(4)8-11-30(12-9-23)15-13-27-17(19(25)28-15)18(31)14-7-10-26-20(33-6)16(14)24/h7,10,13H,8-9,11-12H2,1-6H3. The predicted octanol–water partition coefficient (Wildman–Crippen LogP) is 4.64. The number of anilines is 1. The van der Waals surface area contributed by atoms with Crippen LogP contribution in [0.5, 0.6) is 5.88 Å². The number of rotatable bonds is 5. The van der Waals surface area contributed by atoms with Crippen LogP contribution in [0.3, 0.4) is 0 Å². The Kier molecular flexibility index (Phi) is 7.57. The summed E-state index contributed by atoms with van der Waals surface area (Å²) in [5.74, 6) is 0.225. The van der Waals surface area contributed by atoms with Crippen LogP contribution in [0.15, 0.2) is 18.5 Å². The number of halogens is 2. The molecule has 2 aromatic heterocycles. The molecule has 1 aliphatic rings. The lowest BCUT2D eigenvalue weighted by atomic mass is 9.88. The molecule has 0 radical (unpaired) electrons. The van der Waals surface area contributed by atoms with Gasteiger partial charge in [-0.15, -0.1) is 0 Å². The number of carbonyl (C=O) groups excluding carboxylic acids is 2. The molecular formula is C23H29Cl2N5O4. The third kappa shape index (κ3) is 5.52. The summed E-state index contributed by atoms with van der Waals surface area (Å²) in [6.07, 6.45) is 4.00. The van der Waals surface area contributed by atoms with Gasteiger partial charge in [0.05, 0.1) is 13.3 Å². The maximum Gasteiger partial charge on any atom is 0.410 e. The molecule has 1 fully saturated rings. The molecule has 0 aliphatic carbocycles. The van der Waals surface area contributed by atoms with Crippen molar-refractivity contribution < 1.29 is 19.1 Å². The Labute approximate surface area is 209 Å². The van der Waals surface area contributed by atoms with Crippen molar-refractivity contribution in [3.63, 3.8) is 0 Å². The molecule has 9 nitrogen and oxygen atoms in total. The van der Waals surface area contributed by atoms with Crippen LogP contribution >= 0.6 is 23.2 Å². The minimum atomic E-state index is -0.556. The van der Waals surface area contributed by atoms with Crippen LogP contribution in [-0.4, -0.2) is 70.1 Å². The number of ether oxygens (including phenoxy) is 2. The van der Waals surface area contributed by atoms with Gasteiger partial charge < -0.3 is 19.3 Å². The second-order valence-corrected chi connectivity index (χ2v) is 10.1. The maximum absolute atomic E-state index is 12.9. The van der Waals surface area contributed by atoms with Crippen LogP contribution in [-0.2, 0) is 4.74 Å². The van der Waals surface area contributed by atoms with E-state index in [1.54, 1.807) is 11.9 Å². The summed E-state index contributed by atoms with van der Waals surface area (Å²) in [5.41, 5.74) is -0.744. The number of methoxy groups -OCH3 is 1. The fourth-order valence-corrected chi connectivity index (χ4v) is 4.13. The fourth-order valence-electron chi connectivity index (χ4n) is 3.64. The Morgan fingerprint density at radius 3 is 2.38 bits per heavy atom. The quantitative estimate of drug-likeness (QED) is 0.537. The average molecular weight is 510 g/mol. The Balaban J connectivity index is 1.72. The lowest BCUT2D eigenvalue weighted by molar-refractivity contribution is 0.00345. The zero-order valence-corrected chi connectivity index (χ0v) is 21.7. The minimum Gasteiger partial charge on any atom is -0.480 e. The molecule has 0 bridgehead atoms. The summed E-state index contributed by atoms with van der Waals surface area (Å²) in [7, 11) is 3.18. The maximum atomic E-state index is 12.9. The predicted molar refractivity (Wildman–Crippen MR) is 130 cm³/mol. The molecule has 0 atom stereocenters.